The van der Waals surface area contributed by atoms with Crippen LogP contribution < -0.4 is 10.6 Å². The average molecular weight is 235 g/mol. The van der Waals surface area contributed by atoms with Gasteiger partial charge in [-0.1, -0.05) is 11.6 Å². The summed E-state index contributed by atoms with van der Waals surface area (Å²) in [5.74, 6) is 1.37. The number of aromatic nitrogens is 2. The number of hydrogen-bond acceptors (Lipinski definition) is 4. The Morgan fingerprint density at radius 2 is 1.75 bits per heavy atom. The molecule has 0 saturated carbocycles. The van der Waals surface area contributed by atoms with Crippen LogP contribution in [0.3, 0.4) is 0 Å². The maximum Gasteiger partial charge on any atom is 0.149 e. The predicted octanol–water partition coefficient (Wildman–Crippen LogP) is 2.92. The van der Waals surface area contributed by atoms with Gasteiger partial charge in [-0.15, -0.1) is 0 Å². The molecule has 2 N–H and O–H groups in total. The number of rotatable bonds is 3. The highest BCUT2D eigenvalue weighted by Crippen LogP contribution is 2.25. The zero-order valence-corrected chi connectivity index (χ0v) is 9.49. The third kappa shape index (κ3) is 2.23. The van der Waals surface area contributed by atoms with E-state index >= 15 is 0 Å². The lowest BCUT2D eigenvalue weighted by Crippen LogP contribution is -2.00. The van der Waals surface area contributed by atoms with Crippen LogP contribution >= 0.6 is 11.6 Å². The molecule has 2 heterocycles. The molecule has 0 aliphatic carbocycles. The maximum atomic E-state index is 6.00. The van der Waals surface area contributed by atoms with Crippen molar-refractivity contribution in [2.75, 3.05) is 17.7 Å². The number of hydrogen-bond donors (Lipinski definition) is 2. The van der Waals surface area contributed by atoms with Crippen molar-refractivity contribution in [1.29, 1.82) is 0 Å². The Labute approximate surface area is 98.7 Å². The van der Waals surface area contributed by atoms with Crippen molar-refractivity contribution in [1.82, 2.24) is 9.97 Å². The van der Waals surface area contributed by atoms with Crippen LogP contribution in [0.4, 0.5) is 17.3 Å². The smallest absolute Gasteiger partial charge is 0.149 e. The minimum Gasteiger partial charge on any atom is -0.371 e. The third-order valence-electron chi connectivity index (χ3n) is 2.06. The van der Waals surface area contributed by atoms with Gasteiger partial charge in [0.1, 0.15) is 11.6 Å². The predicted molar refractivity (Wildman–Crippen MR) is 66.3 cm³/mol. The molecule has 82 valence electrons. The summed E-state index contributed by atoms with van der Waals surface area (Å²) in [6, 6.07) is 7.33. The largest absolute Gasteiger partial charge is 0.371 e. The second-order valence-corrected chi connectivity index (χ2v) is 3.52. The van der Waals surface area contributed by atoms with Gasteiger partial charge in [0.2, 0.25) is 0 Å². The molecule has 0 fully saturated rings. The Morgan fingerprint density at radius 1 is 1.06 bits per heavy atom. The summed E-state index contributed by atoms with van der Waals surface area (Å²) in [6.45, 7) is 0. The fourth-order valence-corrected chi connectivity index (χ4v) is 1.48. The monoisotopic (exact) mass is 234 g/mol. The van der Waals surface area contributed by atoms with Crippen molar-refractivity contribution in [3.05, 3.63) is 41.7 Å². The molecule has 0 amide bonds. The zero-order valence-electron chi connectivity index (χ0n) is 8.74. The summed E-state index contributed by atoms with van der Waals surface area (Å²) in [7, 11) is 1.81. The molecule has 0 aliphatic heterocycles. The number of pyridine rings is 2. The number of halogens is 1. The highest BCUT2D eigenvalue weighted by atomic mass is 35.5. The Bertz CT molecular complexity index is 487. The van der Waals surface area contributed by atoms with E-state index in [0.717, 1.165) is 11.5 Å². The molecule has 0 bridgehead atoms. The molecule has 0 spiro atoms. The van der Waals surface area contributed by atoms with Gasteiger partial charge < -0.3 is 10.6 Å². The maximum absolute atomic E-state index is 6.00. The van der Waals surface area contributed by atoms with E-state index < -0.39 is 0 Å². The highest BCUT2D eigenvalue weighted by molar-refractivity contribution is 6.33. The van der Waals surface area contributed by atoms with Crippen LogP contribution in [0.25, 0.3) is 0 Å². The fourth-order valence-electron chi connectivity index (χ4n) is 1.31. The minimum absolute atomic E-state index is 0.577. The normalized spacial score (nSPS) is 9.88. The average Bonchev–Trinajstić information content (AvgIpc) is 2.33. The number of nitrogens with one attached hydrogen (secondary N) is 2. The Kier molecular flexibility index (Phi) is 3.22. The van der Waals surface area contributed by atoms with Crippen LogP contribution in [-0.2, 0) is 0 Å². The zero-order chi connectivity index (χ0) is 11.4. The summed E-state index contributed by atoms with van der Waals surface area (Å²) >= 11 is 6.00. The first-order chi connectivity index (χ1) is 7.81. The van der Waals surface area contributed by atoms with E-state index in [-0.39, 0.29) is 0 Å². The van der Waals surface area contributed by atoms with Crippen molar-refractivity contribution in [2.24, 2.45) is 0 Å². The molecule has 5 heteroatoms. The van der Waals surface area contributed by atoms with Gasteiger partial charge in [0.25, 0.3) is 0 Å². The van der Waals surface area contributed by atoms with E-state index in [0.29, 0.717) is 10.8 Å². The fraction of sp³-hybridized carbons (Fsp3) is 0.0909. The quantitative estimate of drug-likeness (QED) is 0.858. The molecular formula is C11H11ClN4. The van der Waals surface area contributed by atoms with Crippen molar-refractivity contribution in [3.8, 4) is 0 Å². The molecule has 0 unspecified atom stereocenters. The summed E-state index contributed by atoms with van der Waals surface area (Å²) < 4.78 is 0. The Balaban J connectivity index is 2.30. The van der Waals surface area contributed by atoms with Crippen molar-refractivity contribution >= 4 is 28.9 Å². The molecule has 2 aromatic heterocycles. The van der Waals surface area contributed by atoms with Gasteiger partial charge in [-0.3, -0.25) is 0 Å². The standard InChI is InChI=1S/C11H11ClN4/c1-13-11-9(5-3-7-15-11)16-10-8(12)4-2-6-14-10/h2-7H,1H3,(H,13,15)(H,14,16). The molecule has 0 aliphatic rings. The lowest BCUT2D eigenvalue weighted by molar-refractivity contribution is 1.26. The van der Waals surface area contributed by atoms with Gasteiger partial charge in [-0.2, -0.15) is 0 Å². The lowest BCUT2D eigenvalue weighted by Gasteiger charge is -2.10. The van der Waals surface area contributed by atoms with Crippen molar-refractivity contribution < 1.29 is 0 Å². The van der Waals surface area contributed by atoms with Crippen LogP contribution in [-0.4, -0.2) is 17.0 Å². The van der Waals surface area contributed by atoms with Gasteiger partial charge in [-0.25, -0.2) is 9.97 Å². The van der Waals surface area contributed by atoms with Crippen LogP contribution in [0.1, 0.15) is 0 Å². The molecular weight excluding hydrogens is 224 g/mol. The number of nitrogens with zero attached hydrogens (tertiary/aromatic N) is 2. The van der Waals surface area contributed by atoms with Gasteiger partial charge in [0.15, 0.2) is 0 Å². The minimum atomic E-state index is 0.577. The summed E-state index contributed by atoms with van der Waals surface area (Å²) in [4.78, 5) is 8.33. The highest BCUT2D eigenvalue weighted by Gasteiger charge is 2.04. The van der Waals surface area contributed by atoms with E-state index in [9.17, 15) is 0 Å². The lowest BCUT2D eigenvalue weighted by atomic mass is 10.3. The first-order valence-corrected chi connectivity index (χ1v) is 5.19. The Morgan fingerprint density at radius 3 is 2.44 bits per heavy atom. The van der Waals surface area contributed by atoms with Crippen molar-refractivity contribution in [2.45, 2.75) is 0 Å². The third-order valence-corrected chi connectivity index (χ3v) is 2.36. The molecule has 0 aromatic carbocycles. The molecule has 2 rings (SSSR count). The van der Waals surface area contributed by atoms with Crippen LogP contribution in [0.2, 0.25) is 5.02 Å². The second kappa shape index (κ2) is 4.81. The van der Waals surface area contributed by atoms with Gasteiger partial charge in [0.05, 0.1) is 10.7 Å². The Hall–Kier alpha value is -1.81. The SMILES string of the molecule is CNc1ncccc1Nc1ncccc1Cl. The summed E-state index contributed by atoms with van der Waals surface area (Å²) in [5, 5.41) is 6.69. The van der Waals surface area contributed by atoms with E-state index in [2.05, 4.69) is 20.6 Å². The second-order valence-electron chi connectivity index (χ2n) is 3.11. The first kappa shape index (κ1) is 10.7. The molecule has 2 aromatic rings. The van der Waals surface area contributed by atoms with E-state index in [4.69, 9.17) is 11.6 Å². The van der Waals surface area contributed by atoms with Crippen LogP contribution in [0.15, 0.2) is 36.7 Å². The molecule has 4 nitrogen and oxygen atoms in total. The first-order valence-electron chi connectivity index (χ1n) is 4.81. The van der Waals surface area contributed by atoms with Gasteiger partial charge in [0, 0.05) is 19.4 Å². The summed E-state index contributed by atoms with van der Waals surface area (Å²) in [5.41, 5.74) is 0.839. The number of anilines is 3. The molecule has 0 radical (unpaired) electrons. The molecule has 16 heavy (non-hydrogen) atoms. The summed E-state index contributed by atoms with van der Waals surface area (Å²) in [6.07, 6.45) is 3.40. The van der Waals surface area contributed by atoms with Crippen LogP contribution in [0.5, 0.6) is 0 Å². The van der Waals surface area contributed by atoms with E-state index in [1.165, 1.54) is 0 Å². The van der Waals surface area contributed by atoms with Gasteiger partial charge >= 0.3 is 0 Å². The van der Waals surface area contributed by atoms with Gasteiger partial charge in [-0.05, 0) is 24.3 Å². The molecule has 0 atom stereocenters. The van der Waals surface area contributed by atoms with Crippen LogP contribution in [0, 0.1) is 0 Å². The van der Waals surface area contributed by atoms with E-state index in [1.54, 1.807) is 24.5 Å². The molecule has 0 saturated heterocycles. The van der Waals surface area contributed by atoms with Crippen molar-refractivity contribution in [3.63, 3.8) is 0 Å². The topological polar surface area (TPSA) is 49.8 Å². The van der Waals surface area contributed by atoms with E-state index in [1.807, 2.05) is 19.2 Å².